The maximum atomic E-state index is 12.3. The van der Waals surface area contributed by atoms with Crippen molar-refractivity contribution in [1.82, 2.24) is 4.98 Å². The Balaban J connectivity index is 2.68. The van der Waals surface area contributed by atoms with Gasteiger partial charge in [-0.05, 0) is 24.3 Å². The molecule has 0 aliphatic rings. The third-order valence-corrected chi connectivity index (χ3v) is 3.16. The van der Waals surface area contributed by atoms with Crippen LogP contribution in [-0.2, 0) is 0 Å². The number of hydrogen-bond donors (Lipinski definition) is 2. The number of nitrogen functional groups attached to an aromatic ring is 1. The molecule has 3 nitrogen and oxygen atoms in total. The maximum absolute atomic E-state index is 12.3. The summed E-state index contributed by atoms with van der Waals surface area (Å²) in [5, 5.41) is 1.68. The third kappa shape index (κ3) is 1.40. The summed E-state index contributed by atoms with van der Waals surface area (Å²) in [5.74, 6) is 0. The highest BCUT2D eigenvalue weighted by atomic mass is 35.5. The number of benzene rings is 2. The monoisotopic (exact) mass is 244 g/mol. The number of aromatic nitrogens is 1. The van der Waals surface area contributed by atoms with Gasteiger partial charge in [-0.3, -0.25) is 4.79 Å². The predicted molar refractivity (Wildman–Crippen MR) is 71.5 cm³/mol. The zero-order chi connectivity index (χ0) is 12.0. The van der Waals surface area contributed by atoms with E-state index in [-0.39, 0.29) is 5.43 Å². The second-order valence-electron chi connectivity index (χ2n) is 3.89. The van der Waals surface area contributed by atoms with Crippen LogP contribution in [0.25, 0.3) is 21.8 Å². The Labute approximate surface area is 102 Å². The largest absolute Gasteiger partial charge is 0.397 e. The number of pyridine rings is 1. The minimum Gasteiger partial charge on any atom is -0.397 e. The number of nitrogens with one attached hydrogen (secondary N) is 1. The highest BCUT2D eigenvalue weighted by Gasteiger charge is 2.08. The van der Waals surface area contributed by atoms with E-state index in [1.165, 1.54) is 0 Å². The molecule has 0 fully saturated rings. The molecule has 4 heteroatoms. The van der Waals surface area contributed by atoms with Gasteiger partial charge < -0.3 is 10.7 Å². The number of halogens is 1. The van der Waals surface area contributed by atoms with Crippen LogP contribution in [0.2, 0.25) is 5.02 Å². The number of fused-ring (bicyclic) bond motifs is 2. The molecule has 0 saturated heterocycles. The molecular weight excluding hydrogens is 236 g/mol. The van der Waals surface area contributed by atoms with Crippen LogP contribution in [0.15, 0.2) is 41.2 Å². The van der Waals surface area contributed by atoms with E-state index in [2.05, 4.69) is 4.98 Å². The van der Waals surface area contributed by atoms with Gasteiger partial charge in [0.1, 0.15) is 0 Å². The lowest BCUT2D eigenvalue weighted by atomic mass is 10.1. The van der Waals surface area contributed by atoms with Crippen molar-refractivity contribution in [1.29, 1.82) is 0 Å². The van der Waals surface area contributed by atoms with Gasteiger partial charge >= 0.3 is 0 Å². The molecule has 0 unspecified atom stereocenters. The van der Waals surface area contributed by atoms with E-state index in [1.54, 1.807) is 36.4 Å². The summed E-state index contributed by atoms with van der Waals surface area (Å²) in [7, 11) is 0. The van der Waals surface area contributed by atoms with E-state index in [1.807, 2.05) is 0 Å². The first kappa shape index (κ1) is 10.2. The summed E-state index contributed by atoms with van der Waals surface area (Å²) in [5.41, 5.74) is 7.61. The molecule has 3 N–H and O–H groups in total. The fourth-order valence-electron chi connectivity index (χ4n) is 2.01. The van der Waals surface area contributed by atoms with Gasteiger partial charge in [-0.15, -0.1) is 0 Å². The van der Waals surface area contributed by atoms with Crippen molar-refractivity contribution in [2.24, 2.45) is 0 Å². The molecule has 0 amide bonds. The van der Waals surface area contributed by atoms with Crippen molar-refractivity contribution in [2.75, 3.05) is 5.73 Å². The molecule has 0 aliphatic heterocycles. The van der Waals surface area contributed by atoms with Crippen molar-refractivity contribution >= 4 is 39.1 Å². The van der Waals surface area contributed by atoms with Crippen LogP contribution in [-0.4, -0.2) is 4.98 Å². The molecule has 0 aliphatic carbocycles. The quantitative estimate of drug-likeness (QED) is 0.472. The molecule has 84 valence electrons. The first-order valence-corrected chi connectivity index (χ1v) is 5.55. The molecule has 0 atom stereocenters. The van der Waals surface area contributed by atoms with Crippen LogP contribution in [0.4, 0.5) is 5.69 Å². The van der Waals surface area contributed by atoms with E-state index in [9.17, 15) is 4.79 Å². The zero-order valence-electron chi connectivity index (χ0n) is 8.83. The van der Waals surface area contributed by atoms with Crippen LogP contribution >= 0.6 is 11.6 Å². The minimum absolute atomic E-state index is 0.0523. The van der Waals surface area contributed by atoms with Gasteiger partial charge in [0.15, 0.2) is 5.43 Å². The normalized spacial score (nSPS) is 11.1. The Bertz CT molecular complexity index is 729. The standard InChI is InChI=1S/C13H9ClN2O/c14-9-5-1-3-7-11(9)16-12-8(13(7)17)4-2-6-10(12)15/h1-6H,15H2,(H,16,17). The van der Waals surface area contributed by atoms with Crippen molar-refractivity contribution in [3.63, 3.8) is 0 Å². The van der Waals surface area contributed by atoms with Crippen molar-refractivity contribution in [3.05, 3.63) is 51.6 Å². The summed E-state index contributed by atoms with van der Waals surface area (Å²) < 4.78 is 0. The Morgan fingerprint density at radius 2 is 1.65 bits per heavy atom. The van der Waals surface area contributed by atoms with Crippen LogP contribution in [0, 0.1) is 0 Å². The van der Waals surface area contributed by atoms with E-state index in [0.717, 1.165) is 0 Å². The number of aromatic amines is 1. The molecule has 0 radical (unpaired) electrons. The summed E-state index contributed by atoms with van der Waals surface area (Å²) >= 11 is 6.07. The van der Waals surface area contributed by atoms with Gasteiger partial charge in [0, 0.05) is 10.8 Å². The Morgan fingerprint density at radius 1 is 1.00 bits per heavy atom. The lowest BCUT2D eigenvalue weighted by Gasteiger charge is -2.05. The maximum Gasteiger partial charge on any atom is 0.197 e. The van der Waals surface area contributed by atoms with E-state index < -0.39 is 0 Å². The zero-order valence-corrected chi connectivity index (χ0v) is 9.58. The molecule has 0 spiro atoms. The fourth-order valence-corrected chi connectivity index (χ4v) is 2.23. The number of nitrogens with two attached hydrogens (primary N) is 1. The lowest BCUT2D eigenvalue weighted by molar-refractivity contribution is 1.48. The van der Waals surface area contributed by atoms with Crippen molar-refractivity contribution in [3.8, 4) is 0 Å². The molecule has 0 saturated carbocycles. The van der Waals surface area contributed by atoms with E-state index >= 15 is 0 Å². The van der Waals surface area contributed by atoms with Gasteiger partial charge in [-0.1, -0.05) is 23.7 Å². The van der Waals surface area contributed by atoms with Gasteiger partial charge in [-0.2, -0.15) is 0 Å². The third-order valence-electron chi connectivity index (χ3n) is 2.85. The summed E-state index contributed by atoms with van der Waals surface area (Å²) in [6.45, 7) is 0. The molecule has 3 rings (SSSR count). The molecule has 3 aromatic rings. The van der Waals surface area contributed by atoms with Gasteiger partial charge in [0.2, 0.25) is 0 Å². The van der Waals surface area contributed by atoms with E-state index in [4.69, 9.17) is 17.3 Å². The number of rotatable bonds is 0. The summed E-state index contributed by atoms with van der Waals surface area (Å²) in [4.78, 5) is 15.4. The molecule has 1 heterocycles. The molecule has 2 aromatic carbocycles. The topological polar surface area (TPSA) is 58.9 Å². The summed E-state index contributed by atoms with van der Waals surface area (Å²) in [6, 6.07) is 10.5. The summed E-state index contributed by atoms with van der Waals surface area (Å²) in [6.07, 6.45) is 0. The average Bonchev–Trinajstić information content (AvgIpc) is 2.32. The van der Waals surface area contributed by atoms with Crippen molar-refractivity contribution < 1.29 is 0 Å². The van der Waals surface area contributed by atoms with Gasteiger partial charge in [0.05, 0.1) is 21.7 Å². The average molecular weight is 245 g/mol. The second kappa shape index (κ2) is 3.50. The Hall–Kier alpha value is -2.00. The number of H-pyrrole nitrogens is 1. The first-order valence-electron chi connectivity index (χ1n) is 5.17. The minimum atomic E-state index is -0.0523. The SMILES string of the molecule is Nc1cccc2c(=O)c3cccc(Cl)c3[nH]c12. The number of hydrogen-bond acceptors (Lipinski definition) is 2. The first-order chi connectivity index (χ1) is 8.18. The number of anilines is 1. The van der Waals surface area contributed by atoms with Gasteiger partial charge in [-0.25, -0.2) is 0 Å². The van der Waals surface area contributed by atoms with Crippen LogP contribution in [0.3, 0.4) is 0 Å². The van der Waals surface area contributed by atoms with Crippen LogP contribution in [0.5, 0.6) is 0 Å². The van der Waals surface area contributed by atoms with Gasteiger partial charge in [0.25, 0.3) is 0 Å². The molecule has 17 heavy (non-hydrogen) atoms. The predicted octanol–water partition coefficient (Wildman–Crippen LogP) is 2.92. The van der Waals surface area contributed by atoms with E-state index in [0.29, 0.717) is 32.5 Å². The fraction of sp³-hybridized carbons (Fsp3) is 0. The Kier molecular flexibility index (Phi) is 2.09. The molecule has 0 bridgehead atoms. The molecule has 1 aromatic heterocycles. The smallest absolute Gasteiger partial charge is 0.197 e. The highest BCUT2D eigenvalue weighted by Crippen LogP contribution is 2.24. The highest BCUT2D eigenvalue weighted by molar-refractivity contribution is 6.35. The van der Waals surface area contributed by atoms with Crippen LogP contribution < -0.4 is 11.2 Å². The number of para-hydroxylation sites is 2. The molecular formula is C13H9ClN2O. The Morgan fingerprint density at radius 3 is 2.41 bits per heavy atom. The lowest BCUT2D eigenvalue weighted by Crippen LogP contribution is -2.05. The van der Waals surface area contributed by atoms with Crippen LogP contribution in [0.1, 0.15) is 0 Å². The van der Waals surface area contributed by atoms with Crippen molar-refractivity contribution in [2.45, 2.75) is 0 Å². The second-order valence-corrected chi connectivity index (χ2v) is 4.29.